The average Bonchev–Trinajstić information content (AvgIpc) is 3.16. The van der Waals surface area contributed by atoms with Gasteiger partial charge < -0.3 is 4.90 Å². The molecule has 1 aromatic heterocycles. The third kappa shape index (κ3) is 3.53. The van der Waals surface area contributed by atoms with Crippen molar-refractivity contribution in [2.24, 2.45) is 5.92 Å². The molecule has 4 nitrogen and oxygen atoms in total. The molecular weight excluding hydrogens is 274 g/mol. The molecule has 0 spiro atoms. The Kier molecular flexibility index (Phi) is 4.28. The summed E-state index contributed by atoms with van der Waals surface area (Å²) in [7, 11) is 0. The fraction of sp³-hybridized carbons (Fsp3) is 0.778. The molecule has 2 fully saturated rings. The van der Waals surface area contributed by atoms with Crippen molar-refractivity contribution in [3.63, 3.8) is 0 Å². The topological polar surface area (TPSA) is 49.0 Å². The van der Waals surface area contributed by atoms with E-state index in [4.69, 9.17) is 0 Å². The van der Waals surface area contributed by atoms with Crippen LogP contribution in [0.5, 0.6) is 0 Å². The van der Waals surface area contributed by atoms with Crippen LogP contribution >= 0.6 is 0 Å². The zero-order valence-electron chi connectivity index (χ0n) is 14.2. The SMILES string of the molecule is CC(C)(C)c1cc(C(=O)N(CC2CC2)C2CCCCC2)n[nH]1. The first kappa shape index (κ1) is 15.6. The summed E-state index contributed by atoms with van der Waals surface area (Å²) in [6.45, 7) is 7.34. The summed E-state index contributed by atoms with van der Waals surface area (Å²) in [4.78, 5) is 15.1. The van der Waals surface area contributed by atoms with E-state index in [1.165, 1.54) is 32.1 Å². The van der Waals surface area contributed by atoms with E-state index in [0.717, 1.165) is 31.0 Å². The second-order valence-electron chi connectivity index (χ2n) is 8.11. The van der Waals surface area contributed by atoms with Crippen molar-refractivity contribution in [1.82, 2.24) is 15.1 Å². The van der Waals surface area contributed by atoms with Gasteiger partial charge in [0.05, 0.1) is 0 Å². The van der Waals surface area contributed by atoms with E-state index in [1.807, 2.05) is 6.07 Å². The van der Waals surface area contributed by atoms with E-state index in [1.54, 1.807) is 0 Å². The minimum Gasteiger partial charge on any atom is -0.334 e. The lowest BCUT2D eigenvalue weighted by Crippen LogP contribution is -2.42. The molecule has 1 amide bonds. The van der Waals surface area contributed by atoms with Gasteiger partial charge in [0, 0.05) is 23.7 Å². The normalized spacial score (nSPS) is 20.1. The van der Waals surface area contributed by atoms with Crippen LogP contribution in [-0.2, 0) is 5.41 Å². The molecule has 1 heterocycles. The molecule has 2 aliphatic carbocycles. The van der Waals surface area contributed by atoms with E-state index in [-0.39, 0.29) is 11.3 Å². The Balaban J connectivity index is 1.77. The van der Waals surface area contributed by atoms with Crippen molar-refractivity contribution in [3.8, 4) is 0 Å². The second-order valence-corrected chi connectivity index (χ2v) is 8.11. The Morgan fingerprint density at radius 3 is 2.45 bits per heavy atom. The molecule has 0 atom stereocenters. The lowest BCUT2D eigenvalue weighted by molar-refractivity contribution is 0.0616. The number of hydrogen-bond acceptors (Lipinski definition) is 2. The van der Waals surface area contributed by atoms with Gasteiger partial charge in [-0.3, -0.25) is 9.89 Å². The zero-order chi connectivity index (χ0) is 15.7. The molecule has 2 saturated carbocycles. The number of nitrogens with one attached hydrogen (secondary N) is 1. The Morgan fingerprint density at radius 1 is 1.23 bits per heavy atom. The Hall–Kier alpha value is -1.32. The molecule has 0 aromatic carbocycles. The highest BCUT2D eigenvalue weighted by molar-refractivity contribution is 5.92. The van der Waals surface area contributed by atoms with Crippen molar-refractivity contribution < 1.29 is 4.79 Å². The first-order valence-corrected chi connectivity index (χ1v) is 8.82. The summed E-state index contributed by atoms with van der Waals surface area (Å²) >= 11 is 0. The minimum absolute atomic E-state index is 0.00229. The molecule has 0 bridgehead atoms. The van der Waals surface area contributed by atoms with Gasteiger partial charge in [0.1, 0.15) is 5.69 Å². The highest BCUT2D eigenvalue weighted by atomic mass is 16.2. The lowest BCUT2D eigenvalue weighted by Gasteiger charge is -2.34. The van der Waals surface area contributed by atoms with Gasteiger partial charge in [0.2, 0.25) is 0 Å². The largest absolute Gasteiger partial charge is 0.334 e. The highest BCUT2D eigenvalue weighted by Gasteiger charge is 2.33. The first-order valence-electron chi connectivity index (χ1n) is 8.82. The predicted molar refractivity (Wildman–Crippen MR) is 87.9 cm³/mol. The maximum absolute atomic E-state index is 13.0. The van der Waals surface area contributed by atoms with E-state index in [9.17, 15) is 4.79 Å². The van der Waals surface area contributed by atoms with Gasteiger partial charge in [0.15, 0.2) is 0 Å². The van der Waals surface area contributed by atoms with Crippen LogP contribution in [0.4, 0.5) is 0 Å². The van der Waals surface area contributed by atoms with Gasteiger partial charge in [-0.15, -0.1) is 0 Å². The van der Waals surface area contributed by atoms with E-state index in [0.29, 0.717) is 11.7 Å². The van der Waals surface area contributed by atoms with Crippen LogP contribution in [0.2, 0.25) is 0 Å². The summed E-state index contributed by atoms with van der Waals surface area (Å²) in [5, 5.41) is 7.37. The summed E-state index contributed by atoms with van der Waals surface area (Å²) in [5.74, 6) is 0.859. The van der Waals surface area contributed by atoms with Crippen LogP contribution < -0.4 is 0 Å². The Bertz CT molecular complexity index is 519. The minimum atomic E-state index is -0.00229. The number of carbonyl (C=O) groups is 1. The second kappa shape index (κ2) is 6.05. The monoisotopic (exact) mass is 303 g/mol. The van der Waals surface area contributed by atoms with Crippen molar-refractivity contribution in [3.05, 3.63) is 17.5 Å². The molecule has 0 aliphatic heterocycles. The highest BCUT2D eigenvalue weighted by Crippen LogP contribution is 2.33. The van der Waals surface area contributed by atoms with Crippen LogP contribution in [0.25, 0.3) is 0 Å². The Labute approximate surface area is 133 Å². The van der Waals surface area contributed by atoms with E-state index >= 15 is 0 Å². The van der Waals surface area contributed by atoms with Crippen LogP contribution in [0.3, 0.4) is 0 Å². The van der Waals surface area contributed by atoms with Crippen LogP contribution in [0.15, 0.2) is 6.07 Å². The number of carbonyl (C=O) groups excluding carboxylic acids is 1. The number of H-pyrrole nitrogens is 1. The summed E-state index contributed by atoms with van der Waals surface area (Å²) in [6.07, 6.45) is 8.72. The van der Waals surface area contributed by atoms with Gasteiger partial charge >= 0.3 is 0 Å². The molecule has 22 heavy (non-hydrogen) atoms. The van der Waals surface area contributed by atoms with Crippen molar-refractivity contribution in [2.75, 3.05) is 6.54 Å². The van der Waals surface area contributed by atoms with Crippen molar-refractivity contribution >= 4 is 5.91 Å². The van der Waals surface area contributed by atoms with Gasteiger partial charge in [-0.05, 0) is 37.7 Å². The standard InChI is InChI=1S/C18H29N3O/c1-18(2,3)16-11-15(19-20-16)17(22)21(12-13-9-10-13)14-7-5-4-6-8-14/h11,13-14H,4-10,12H2,1-3H3,(H,19,20). The molecule has 122 valence electrons. The van der Waals surface area contributed by atoms with Gasteiger partial charge in [-0.1, -0.05) is 40.0 Å². The van der Waals surface area contributed by atoms with Crippen LogP contribution in [-0.4, -0.2) is 33.6 Å². The summed E-state index contributed by atoms with van der Waals surface area (Å²) in [5.41, 5.74) is 1.62. The number of hydrogen-bond donors (Lipinski definition) is 1. The van der Waals surface area contributed by atoms with Gasteiger partial charge in [-0.25, -0.2) is 0 Å². The smallest absolute Gasteiger partial charge is 0.274 e. The third-order valence-electron chi connectivity index (χ3n) is 5.03. The third-order valence-corrected chi connectivity index (χ3v) is 5.03. The molecular formula is C18H29N3O. The van der Waals surface area contributed by atoms with Crippen molar-refractivity contribution in [1.29, 1.82) is 0 Å². The molecule has 0 saturated heterocycles. The average molecular weight is 303 g/mol. The molecule has 1 aromatic rings. The van der Waals surface area contributed by atoms with Crippen molar-refractivity contribution in [2.45, 2.75) is 77.2 Å². The predicted octanol–water partition coefficient (Wildman–Crippen LogP) is 3.89. The first-order chi connectivity index (χ1) is 10.4. The number of rotatable bonds is 4. The zero-order valence-corrected chi connectivity index (χ0v) is 14.2. The molecule has 3 rings (SSSR count). The number of amides is 1. The van der Waals surface area contributed by atoms with E-state index in [2.05, 4.69) is 35.9 Å². The maximum atomic E-state index is 13.0. The van der Waals surface area contributed by atoms with Crippen LogP contribution in [0, 0.1) is 5.92 Å². The lowest BCUT2D eigenvalue weighted by atomic mass is 9.92. The molecule has 2 aliphatic rings. The molecule has 4 heteroatoms. The number of aromatic amines is 1. The molecule has 0 radical (unpaired) electrons. The Morgan fingerprint density at radius 2 is 1.91 bits per heavy atom. The maximum Gasteiger partial charge on any atom is 0.274 e. The number of aromatic nitrogens is 2. The van der Waals surface area contributed by atoms with E-state index < -0.39 is 0 Å². The summed E-state index contributed by atoms with van der Waals surface area (Å²) in [6, 6.07) is 2.38. The molecule has 0 unspecified atom stereocenters. The fourth-order valence-electron chi connectivity index (χ4n) is 3.33. The van der Waals surface area contributed by atoms with Gasteiger partial charge in [-0.2, -0.15) is 5.10 Å². The quantitative estimate of drug-likeness (QED) is 0.917. The molecule has 1 N–H and O–H groups in total. The van der Waals surface area contributed by atoms with Crippen LogP contribution in [0.1, 0.15) is 81.9 Å². The fourth-order valence-corrected chi connectivity index (χ4v) is 3.33. The van der Waals surface area contributed by atoms with Gasteiger partial charge in [0.25, 0.3) is 5.91 Å². The number of nitrogens with zero attached hydrogens (tertiary/aromatic N) is 2. The summed E-state index contributed by atoms with van der Waals surface area (Å²) < 4.78 is 0.